The first kappa shape index (κ1) is 13.1. The maximum Gasteiger partial charge on any atom is 0.222 e. The summed E-state index contributed by atoms with van der Waals surface area (Å²) in [7, 11) is 3.78. The van der Waals surface area contributed by atoms with E-state index in [0.29, 0.717) is 11.2 Å². The Hall–Kier alpha value is -1.86. The number of aryl methyl sites for hydroxylation is 1. The van der Waals surface area contributed by atoms with Crippen molar-refractivity contribution in [2.45, 2.75) is 6.04 Å². The molecule has 8 heteroatoms. The highest BCUT2D eigenvalue weighted by Crippen LogP contribution is 2.26. The Morgan fingerprint density at radius 2 is 2.10 bits per heavy atom. The molecule has 3 heterocycles. The number of nitrogens with two attached hydrogens (primary N) is 1. The van der Waals surface area contributed by atoms with Gasteiger partial charge in [-0.1, -0.05) is 11.6 Å². The van der Waals surface area contributed by atoms with E-state index in [9.17, 15) is 0 Å². The molecule has 1 aliphatic rings. The quantitative estimate of drug-likeness (QED) is 0.858. The fraction of sp³-hybridized carbons (Fsp3) is 0.417. The second-order valence-corrected chi connectivity index (χ2v) is 5.22. The van der Waals surface area contributed by atoms with E-state index in [1.807, 2.05) is 20.2 Å². The van der Waals surface area contributed by atoms with Gasteiger partial charge in [-0.3, -0.25) is 4.68 Å². The molecule has 2 aromatic rings. The number of nitrogens with zero attached hydrogens (tertiary/aromatic N) is 5. The van der Waals surface area contributed by atoms with Crippen molar-refractivity contribution in [1.29, 1.82) is 0 Å². The van der Waals surface area contributed by atoms with Gasteiger partial charge in [0.05, 0.1) is 11.4 Å². The summed E-state index contributed by atoms with van der Waals surface area (Å²) in [6, 6.07) is 4.18. The maximum atomic E-state index is 5.91. The molecule has 0 aromatic carbocycles. The van der Waals surface area contributed by atoms with Crippen LogP contribution in [0.1, 0.15) is 0 Å². The van der Waals surface area contributed by atoms with E-state index in [4.69, 9.17) is 17.3 Å². The molecular formula is C12H16ClN7. The minimum Gasteiger partial charge on any atom is -0.368 e. The number of hydrogen-bond donors (Lipinski definition) is 2. The fourth-order valence-corrected chi connectivity index (χ4v) is 2.48. The van der Waals surface area contributed by atoms with Crippen molar-refractivity contribution in [3.63, 3.8) is 0 Å². The van der Waals surface area contributed by atoms with Gasteiger partial charge in [0.2, 0.25) is 5.95 Å². The van der Waals surface area contributed by atoms with Crippen LogP contribution in [-0.4, -0.2) is 45.9 Å². The van der Waals surface area contributed by atoms with Crippen LogP contribution in [-0.2, 0) is 7.05 Å². The van der Waals surface area contributed by atoms with Gasteiger partial charge in [-0.05, 0) is 7.05 Å². The number of hydrogen-bond acceptors (Lipinski definition) is 6. The minimum absolute atomic E-state index is 0.253. The van der Waals surface area contributed by atoms with Crippen molar-refractivity contribution in [2.24, 2.45) is 7.05 Å². The summed E-state index contributed by atoms with van der Waals surface area (Å²) in [5, 5.41) is 7.77. The molecule has 106 valence electrons. The Balaban J connectivity index is 1.93. The number of aromatic nitrogens is 4. The number of likely N-dealkylation sites (N-methyl/N-ethyl adjacent to an activating group) is 1. The van der Waals surface area contributed by atoms with E-state index in [1.54, 1.807) is 10.7 Å². The molecule has 0 spiro atoms. The monoisotopic (exact) mass is 293 g/mol. The third-order valence-corrected chi connectivity index (χ3v) is 3.64. The van der Waals surface area contributed by atoms with Crippen molar-refractivity contribution in [3.05, 3.63) is 17.3 Å². The van der Waals surface area contributed by atoms with Crippen LogP contribution in [0, 0.1) is 0 Å². The summed E-state index contributed by atoms with van der Waals surface area (Å²) in [6.45, 7) is 1.83. The van der Waals surface area contributed by atoms with Gasteiger partial charge in [0.1, 0.15) is 5.82 Å². The van der Waals surface area contributed by atoms with E-state index in [2.05, 4.69) is 25.3 Å². The Morgan fingerprint density at radius 1 is 1.35 bits per heavy atom. The molecule has 0 atom stereocenters. The lowest BCUT2D eigenvalue weighted by molar-refractivity contribution is 0.447. The van der Waals surface area contributed by atoms with Crippen molar-refractivity contribution >= 4 is 23.4 Å². The zero-order valence-electron chi connectivity index (χ0n) is 11.3. The second-order valence-electron chi connectivity index (χ2n) is 4.84. The topological polar surface area (TPSA) is 84.9 Å². The van der Waals surface area contributed by atoms with Gasteiger partial charge in [-0.25, -0.2) is 4.98 Å². The number of nitrogen functional groups attached to an aromatic ring is 1. The number of halogens is 1. The van der Waals surface area contributed by atoms with Crippen LogP contribution < -0.4 is 16.0 Å². The van der Waals surface area contributed by atoms with Crippen LogP contribution in [0.4, 0.5) is 11.8 Å². The molecular weight excluding hydrogens is 278 g/mol. The summed E-state index contributed by atoms with van der Waals surface area (Å²) in [5.41, 5.74) is 7.35. The van der Waals surface area contributed by atoms with E-state index in [1.165, 1.54) is 0 Å². The Labute approximate surface area is 121 Å². The predicted molar refractivity (Wildman–Crippen MR) is 78.7 cm³/mol. The van der Waals surface area contributed by atoms with E-state index < -0.39 is 0 Å². The van der Waals surface area contributed by atoms with Crippen LogP contribution in [0.5, 0.6) is 0 Å². The Kier molecular flexibility index (Phi) is 3.23. The van der Waals surface area contributed by atoms with Gasteiger partial charge in [-0.15, -0.1) is 0 Å². The molecule has 3 N–H and O–H groups in total. The van der Waals surface area contributed by atoms with Crippen molar-refractivity contribution in [1.82, 2.24) is 25.1 Å². The first-order valence-electron chi connectivity index (χ1n) is 6.33. The summed E-state index contributed by atoms with van der Waals surface area (Å²) < 4.78 is 1.68. The zero-order valence-corrected chi connectivity index (χ0v) is 12.1. The lowest BCUT2D eigenvalue weighted by Crippen LogP contribution is -2.57. The van der Waals surface area contributed by atoms with Crippen molar-refractivity contribution in [3.8, 4) is 11.4 Å². The van der Waals surface area contributed by atoms with Crippen LogP contribution in [0.15, 0.2) is 12.1 Å². The van der Waals surface area contributed by atoms with E-state index in [-0.39, 0.29) is 5.95 Å². The van der Waals surface area contributed by atoms with Crippen LogP contribution in [0.3, 0.4) is 0 Å². The smallest absolute Gasteiger partial charge is 0.222 e. The molecule has 0 radical (unpaired) electrons. The van der Waals surface area contributed by atoms with Gasteiger partial charge in [-0.2, -0.15) is 10.1 Å². The summed E-state index contributed by atoms with van der Waals surface area (Å²) >= 11 is 5.91. The summed E-state index contributed by atoms with van der Waals surface area (Å²) in [5.74, 6) is 1.08. The highest BCUT2D eigenvalue weighted by molar-refractivity contribution is 6.29. The summed E-state index contributed by atoms with van der Waals surface area (Å²) in [6.07, 6.45) is 0. The van der Waals surface area contributed by atoms with Gasteiger partial charge in [0.15, 0.2) is 5.15 Å². The molecule has 0 amide bonds. The first-order chi connectivity index (χ1) is 9.56. The van der Waals surface area contributed by atoms with Crippen molar-refractivity contribution in [2.75, 3.05) is 30.8 Å². The number of nitrogens with one attached hydrogen (secondary N) is 1. The molecule has 2 aromatic heterocycles. The molecule has 0 aliphatic carbocycles. The summed E-state index contributed by atoms with van der Waals surface area (Å²) in [4.78, 5) is 10.7. The molecule has 20 heavy (non-hydrogen) atoms. The lowest BCUT2D eigenvalue weighted by Gasteiger charge is -2.40. The maximum absolute atomic E-state index is 5.91. The molecule has 1 fully saturated rings. The van der Waals surface area contributed by atoms with Gasteiger partial charge >= 0.3 is 0 Å². The van der Waals surface area contributed by atoms with Crippen LogP contribution >= 0.6 is 11.6 Å². The number of rotatable bonds is 3. The van der Waals surface area contributed by atoms with E-state index >= 15 is 0 Å². The van der Waals surface area contributed by atoms with Gasteiger partial charge in [0, 0.05) is 38.3 Å². The second kappa shape index (κ2) is 4.92. The zero-order chi connectivity index (χ0) is 14.3. The minimum atomic E-state index is 0.253. The SMILES string of the molecule is CNC1CN(c2cc(-c3cc(Cl)nn3C)nc(N)n2)C1. The third kappa shape index (κ3) is 2.30. The fourth-order valence-electron chi connectivity index (χ4n) is 2.27. The van der Waals surface area contributed by atoms with Crippen molar-refractivity contribution < 1.29 is 0 Å². The molecule has 7 nitrogen and oxygen atoms in total. The average molecular weight is 294 g/mol. The molecule has 0 saturated carbocycles. The standard InChI is InChI=1S/C12H16ClN7/c1-15-7-5-20(6-7)11-3-8(16-12(14)17-11)9-4-10(13)18-19(9)2/h3-4,7,15H,5-6H2,1-2H3,(H2,14,16,17). The van der Waals surface area contributed by atoms with Crippen LogP contribution in [0.25, 0.3) is 11.4 Å². The largest absolute Gasteiger partial charge is 0.368 e. The van der Waals surface area contributed by atoms with E-state index in [0.717, 1.165) is 30.3 Å². The Morgan fingerprint density at radius 3 is 2.70 bits per heavy atom. The number of anilines is 2. The van der Waals surface area contributed by atoms with Gasteiger partial charge in [0.25, 0.3) is 0 Å². The molecule has 0 bridgehead atoms. The molecule has 1 aliphatic heterocycles. The predicted octanol–water partition coefficient (Wildman–Crippen LogP) is 0.521. The lowest BCUT2D eigenvalue weighted by atomic mass is 10.1. The normalized spacial score (nSPS) is 15.4. The molecule has 0 unspecified atom stereocenters. The third-order valence-electron chi connectivity index (χ3n) is 3.46. The molecule has 3 rings (SSSR count). The molecule has 1 saturated heterocycles. The highest BCUT2D eigenvalue weighted by atomic mass is 35.5. The van der Waals surface area contributed by atoms with Crippen LogP contribution in [0.2, 0.25) is 5.15 Å². The average Bonchev–Trinajstić information content (AvgIpc) is 2.66. The Bertz CT molecular complexity index is 633. The first-order valence-corrected chi connectivity index (χ1v) is 6.71. The highest BCUT2D eigenvalue weighted by Gasteiger charge is 2.27. The van der Waals surface area contributed by atoms with Gasteiger partial charge < -0.3 is 16.0 Å².